The highest BCUT2D eigenvalue weighted by Crippen LogP contribution is 2.06. The maximum atomic E-state index is 11.3. The van der Waals surface area contributed by atoms with Gasteiger partial charge in [-0.3, -0.25) is 0 Å². The molecule has 1 aromatic heterocycles. The Balaban J connectivity index is 2.23. The van der Waals surface area contributed by atoms with E-state index >= 15 is 0 Å². The molecule has 7 heteroatoms. The van der Waals surface area contributed by atoms with Gasteiger partial charge in [0.25, 0.3) is 0 Å². The van der Waals surface area contributed by atoms with Crippen molar-refractivity contribution in [1.29, 1.82) is 0 Å². The normalized spacial score (nSPS) is 11.2. The smallest absolute Gasteiger partial charge is 0.407 e. The highest BCUT2D eigenvalue weighted by molar-refractivity contribution is 9.10. The Morgan fingerprint density at radius 2 is 2.31 bits per heavy atom. The first-order valence-electron chi connectivity index (χ1n) is 4.89. The van der Waals surface area contributed by atoms with Gasteiger partial charge in [0.05, 0.1) is 12.7 Å². The van der Waals surface area contributed by atoms with E-state index in [0.717, 1.165) is 0 Å². The van der Waals surface area contributed by atoms with E-state index in [0.29, 0.717) is 17.7 Å². The lowest BCUT2D eigenvalue weighted by atomic mass is 10.2. The van der Waals surface area contributed by atoms with Crippen molar-refractivity contribution in [2.45, 2.75) is 32.9 Å². The van der Waals surface area contributed by atoms with Gasteiger partial charge < -0.3 is 10.1 Å². The number of hydrogen-bond donors (Lipinski definition) is 1. The molecule has 90 valence electrons. The summed E-state index contributed by atoms with van der Waals surface area (Å²) < 4.78 is 5.74. The van der Waals surface area contributed by atoms with E-state index in [4.69, 9.17) is 4.74 Å². The topological polar surface area (TPSA) is 69.0 Å². The first-order chi connectivity index (χ1) is 7.37. The second kappa shape index (κ2) is 5.29. The van der Waals surface area contributed by atoms with Crippen LogP contribution in [0.1, 0.15) is 20.8 Å². The molecule has 0 fully saturated rings. The zero-order chi connectivity index (χ0) is 12.2. The number of carbonyl (C=O) groups is 1. The number of carbonyl (C=O) groups excluding carboxylic acids is 1. The molecule has 0 radical (unpaired) electrons. The highest BCUT2D eigenvalue weighted by Gasteiger charge is 2.15. The second-order valence-corrected chi connectivity index (χ2v) is 5.00. The molecular weight excluding hydrogens is 276 g/mol. The van der Waals surface area contributed by atoms with Crippen molar-refractivity contribution in [3.8, 4) is 0 Å². The van der Waals surface area contributed by atoms with Crippen LogP contribution in [0.3, 0.4) is 0 Å². The SMILES string of the molecule is CC(C)(C)OC(=O)NCCn1ncc(Br)n1. The zero-order valence-electron chi connectivity index (χ0n) is 9.53. The van der Waals surface area contributed by atoms with Crippen LogP contribution >= 0.6 is 15.9 Å². The minimum absolute atomic E-state index is 0.427. The van der Waals surface area contributed by atoms with Crippen molar-refractivity contribution in [1.82, 2.24) is 20.3 Å². The van der Waals surface area contributed by atoms with Gasteiger partial charge in [-0.2, -0.15) is 9.90 Å². The van der Waals surface area contributed by atoms with Crippen LogP contribution in [0.4, 0.5) is 4.79 Å². The van der Waals surface area contributed by atoms with E-state index in [1.807, 2.05) is 20.8 Å². The zero-order valence-corrected chi connectivity index (χ0v) is 11.1. The third-order valence-electron chi connectivity index (χ3n) is 1.49. The average molecular weight is 291 g/mol. The van der Waals surface area contributed by atoms with Crippen molar-refractivity contribution in [3.05, 3.63) is 10.8 Å². The Kier molecular flexibility index (Phi) is 4.28. The van der Waals surface area contributed by atoms with Crippen molar-refractivity contribution in [3.63, 3.8) is 0 Å². The minimum atomic E-state index is -0.475. The Labute approximate surface area is 102 Å². The molecule has 1 amide bonds. The summed E-state index contributed by atoms with van der Waals surface area (Å²) in [6, 6.07) is 0. The molecule has 1 N–H and O–H groups in total. The fourth-order valence-electron chi connectivity index (χ4n) is 0.956. The van der Waals surface area contributed by atoms with Crippen molar-refractivity contribution >= 4 is 22.0 Å². The predicted molar refractivity (Wildman–Crippen MR) is 62.0 cm³/mol. The number of alkyl carbamates (subject to hydrolysis) is 1. The van der Waals surface area contributed by atoms with Crippen molar-refractivity contribution in [2.75, 3.05) is 6.54 Å². The maximum absolute atomic E-state index is 11.3. The maximum Gasteiger partial charge on any atom is 0.407 e. The van der Waals surface area contributed by atoms with Gasteiger partial charge in [0.1, 0.15) is 10.2 Å². The summed E-state index contributed by atoms with van der Waals surface area (Å²) in [5, 5.41) is 10.6. The number of nitrogens with zero attached hydrogens (tertiary/aromatic N) is 3. The number of hydrogen-bond acceptors (Lipinski definition) is 4. The molecule has 0 unspecified atom stereocenters. The number of aromatic nitrogens is 3. The Bertz CT molecular complexity index is 359. The fraction of sp³-hybridized carbons (Fsp3) is 0.667. The molecule has 6 nitrogen and oxygen atoms in total. The summed E-state index contributed by atoms with van der Waals surface area (Å²) in [6.45, 7) is 6.39. The molecule has 0 aliphatic heterocycles. The van der Waals surface area contributed by atoms with E-state index in [1.165, 1.54) is 4.80 Å². The lowest BCUT2D eigenvalue weighted by Gasteiger charge is -2.19. The van der Waals surface area contributed by atoms with Crippen LogP contribution in [0.25, 0.3) is 0 Å². The molecule has 0 aromatic carbocycles. The number of ether oxygens (including phenoxy) is 1. The van der Waals surface area contributed by atoms with Crippen LogP contribution < -0.4 is 5.32 Å². The van der Waals surface area contributed by atoms with Crippen LogP contribution in [-0.2, 0) is 11.3 Å². The molecule has 0 bridgehead atoms. The first kappa shape index (κ1) is 13.0. The molecule has 1 heterocycles. The van der Waals surface area contributed by atoms with Crippen molar-refractivity contribution in [2.24, 2.45) is 0 Å². The molecule has 1 aromatic rings. The third-order valence-corrected chi connectivity index (χ3v) is 1.85. The molecular formula is C9H15BrN4O2. The third kappa shape index (κ3) is 5.11. The fourth-order valence-corrected chi connectivity index (χ4v) is 1.23. The number of nitrogens with one attached hydrogen (secondary N) is 1. The summed E-state index contributed by atoms with van der Waals surface area (Å²) in [7, 11) is 0. The van der Waals surface area contributed by atoms with Crippen LogP contribution in [0.2, 0.25) is 0 Å². The summed E-state index contributed by atoms with van der Waals surface area (Å²) in [5.41, 5.74) is -0.475. The van der Waals surface area contributed by atoms with Gasteiger partial charge in [0, 0.05) is 6.54 Å². The van der Waals surface area contributed by atoms with Gasteiger partial charge in [-0.25, -0.2) is 4.79 Å². The number of halogens is 1. The molecule has 0 aliphatic rings. The van der Waals surface area contributed by atoms with Gasteiger partial charge in [-0.05, 0) is 36.7 Å². The molecule has 1 rings (SSSR count). The van der Waals surface area contributed by atoms with Crippen LogP contribution in [0.5, 0.6) is 0 Å². The quantitative estimate of drug-likeness (QED) is 0.917. The summed E-state index contributed by atoms with van der Waals surface area (Å²) in [4.78, 5) is 12.7. The second-order valence-electron chi connectivity index (χ2n) is 4.19. The monoisotopic (exact) mass is 290 g/mol. The predicted octanol–water partition coefficient (Wildman–Crippen LogP) is 1.57. The molecule has 0 saturated heterocycles. The number of amides is 1. The molecule has 0 aliphatic carbocycles. The van der Waals surface area contributed by atoms with Gasteiger partial charge in [-0.1, -0.05) is 0 Å². The van der Waals surface area contributed by atoms with Crippen LogP contribution in [-0.4, -0.2) is 33.2 Å². The Morgan fingerprint density at radius 3 is 2.81 bits per heavy atom. The summed E-state index contributed by atoms with van der Waals surface area (Å²) >= 11 is 3.19. The van der Waals surface area contributed by atoms with Gasteiger partial charge in [-0.15, -0.1) is 5.10 Å². The Morgan fingerprint density at radius 1 is 1.62 bits per heavy atom. The standard InChI is InChI=1S/C9H15BrN4O2/c1-9(2,3)16-8(15)11-4-5-14-12-6-7(10)13-14/h6H,4-5H2,1-3H3,(H,11,15). The minimum Gasteiger partial charge on any atom is -0.444 e. The van der Waals surface area contributed by atoms with E-state index in [1.54, 1.807) is 6.20 Å². The Hall–Kier alpha value is -1.11. The van der Waals surface area contributed by atoms with E-state index in [-0.39, 0.29) is 0 Å². The van der Waals surface area contributed by atoms with E-state index in [9.17, 15) is 4.79 Å². The molecule has 0 saturated carbocycles. The number of rotatable bonds is 3. The first-order valence-corrected chi connectivity index (χ1v) is 5.68. The highest BCUT2D eigenvalue weighted by atomic mass is 79.9. The molecule has 0 spiro atoms. The average Bonchev–Trinajstić information content (AvgIpc) is 2.48. The van der Waals surface area contributed by atoms with E-state index in [2.05, 4.69) is 31.4 Å². The van der Waals surface area contributed by atoms with Crippen LogP contribution in [0.15, 0.2) is 10.8 Å². The van der Waals surface area contributed by atoms with Gasteiger partial charge in [0.15, 0.2) is 0 Å². The van der Waals surface area contributed by atoms with Gasteiger partial charge >= 0.3 is 6.09 Å². The summed E-state index contributed by atoms with van der Waals surface area (Å²) in [5.74, 6) is 0. The molecule has 0 atom stereocenters. The largest absolute Gasteiger partial charge is 0.444 e. The van der Waals surface area contributed by atoms with Crippen LogP contribution in [0, 0.1) is 0 Å². The van der Waals surface area contributed by atoms with Crippen molar-refractivity contribution < 1.29 is 9.53 Å². The summed E-state index contributed by atoms with van der Waals surface area (Å²) in [6.07, 6.45) is 1.16. The lowest BCUT2D eigenvalue weighted by Crippen LogP contribution is -2.34. The molecule has 16 heavy (non-hydrogen) atoms. The van der Waals surface area contributed by atoms with E-state index < -0.39 is 11.7 Å². The lowest BCUT2D eigenvalue weighted by molar-refractivity contribution is 0.0525. The van der Waals surface area contributed by atoms with Gasteiger partial charge in [0.2, 0.25) is 0 Å².